The fraction of sp³-hybridized carbons (Fsp3) is 0.733. The normalized spacial score (nSPS) is 19.2. The minimum atomic E-state index is -0.804. The predicted octanol–water partition coefficient (Wildman–Crippen LogP) is 0.710. The van der Waals surface area contributed by atoms with Crippen molar-refractivity contribution < 1.29 is 27.8 Å². The van der Waals surface area contributed by atoms with E-state index in [1.165, 1.54) is 0 Å². The van der Waals surface area contributed by atoms with Gasteiger partial charge in [0.15, 0.2) is 18.1 Å². The van der Waals surface area contributed by atoms with Crippen LogP contribution in [0.25, 0.3) is 0 Å². The lowest BCUT2D eigenvalue weighted by atomic mass is 10.2. The molecule has 8 nitrogen and oxygen atoms in total. The zero-order valence-electron chi connectivity index (χ0n) is 13.7. The lowest BCUT2D eigenvalue weighted by Crippen LogP contribution is -2.51. The van der Waals surface area contributed by atoms with Crippen LogP contribution in [0.2, 0.25) is 0 Å². The maximum absolute atomic E-state index is 12.3. The smallest absolute Gasteiger partial charge is 0.456 e. The molecular formula is C15H23NO7. The predicted molar refractivity (Wildman–Crippen MR) is 79.0 cm³/mol. The molecule has 2 heterocycles. The minimum absolute atomic E-state index is 0.136. The summed E-state index contributed by atoms with van der Waals surface area (Å²) >= 11 is 0. The summed E-state index contributed by atoms with van der Waals surface area (Å²) in [5.74, 6) is -0.695. The summed E-state index contributed by atoms with van der Waals surface area (Å²) in [6, 6.07) is -0.488. The topological polar surface area (TPSA) is 91.4 Å². The number of hydrogen-bond acceptors (Lipinski definition) is 8. The number of rotatable bonds is 7. The first-order valence-electron chi connectivity index (χ1n) is 7.67. The number of ether oxygens (including phenoxy) is 3. The first kappa shape index (κ1) is 17.7. The Morgan fingerprint density at radius 2 is 2.17 bits per heavy atom. The van der Waals surface area contributed by atoms with Crippen molar-refractivity contribution in [1.82, 2.24) is 4.90 Å². The highest BCUT2D eigenvalue weighted by atomic mass is 16.6. The van der Waals surface area contributed by atoms with E-state index < -0.39 is 17.8 Å². The summed E-state index contributed by atoms with van der Waals surface area (Å²) in [4.78, 5) is 25.2. The third kappa shape index (κ3) is 5.19. The lowest BCUT2D eigenvalue weighted by molar-refractivity contribution is -0.158. The minimum Gasteiger partial charge on any atom is -0.456 e. The van der Waals surface area contributed by atoms with Gasteiger partial charge < -0.3 is 23.0 Å². The molecule has 8 heteroatoms. The van der Waals surface area contributed by atoms with Crippen LogP contribution in [0.5, 0.6) is 0 Å². The van der Waals surface area contributed by atoms with Crippen molar-refractivity contribution in [3.8, 4) is 0 Å². The average Bonchev–Trinajstić information content (AvgIpc) is 2.83. The van der Waals surface area contributed by atoms with Gasteiger partial charge in [-0.1, -0.05) is 0 Å². The number of morpholine rings is 1. The summed E-state index contributed by atoms with van der Waals surface area (Å²) in [6.07, 6.45) is 0.147. The molecular weight excluding hydrogens is 306 g/mol. The van der Waals surface area contributed by atoms with Crippen molar-refractivity contribution in [3.63, 3.8) is 0 Å². The van der Waals surface area contributed by atoms with Crippen LogP contribution >= 0.6 is 0 Å². The highest BCUT2D eigenvalue weighted by molar-refractivity contribution is 5.76. The largest absolute Gasteiger partial charge is 0.519 e. The molecule has 1 fully saturated rings. The molecule has 0 aliphatic carbocycles. The van der Waals surface area contributed by atoms with Crippen molar-refractivity contribution in [3.05, 3.63) is 22.1 Å². The van der Waals surface area contributed by atoms with Crippen LogP contribution in [-0.4, -0.2) is 55.9 Å². The number of hydrogen-bond donors (Lipinski definition) is 0. The molecule has 0 saturated carbocycles. The summed E-state index contributed by atoms with van der Waals surface area (Å²) in [5, 5.41) is 0. The van der Waals surface area contributed by atoms with Gasteiger partial charge in [-0.3, -0.25) is 9.69 Å². The van der Waals surface area contributed by atoms with Crippen LogP contribution in [0.1, 0.15) is 25.4 Å². The van der Waals surface area contributed by atoms with Gasteiger partial charge in [0.25, 0.3) is 0 Å². The van der Waals surface area contributed by atoms with Gasteiger partial charge in [-0.05, 0) is 20.8 Å². The van der Waals surface area contributed by atoms with E-state index in [9.17, 15) is 9.59 Å². The van der Waals surface area contributed by atoms with Crippen molar-refractivity contribution in [2.45, 2.75) is 39.5 Å². The molecule has 1 aliphatic heterocycles. The van der Waals surface area contributed by atoms with E-state index in [1.807, 2.05) is 18.7 Å². The third-order valence-corrected chi connectivity index (χ3v) is 3.52. The zero-order valence-corrected chi connectivity index (χ0v) is 13.7. The van der Waals surface area contributed by atoms with Crippen LogP contribution in [0.15, 0.2) is 13.6 Å². The van der Waals surface area contributed by atoms with E-state index in [1.54, 1.807) is 6.92 Å². The van der Waals surface area contributed by atoms with Crippen LogP contribution in [0.4, 0.5) is 0 Å². The lowest BCUT2D eigenvalue weighted by Gasteiger charge is -2.33. The van der Waals surface area contributed by atoms with E-state index >= 15 is 0 Å². The van der Waals surface area contributed by atoms with Crippen LogP contribution < -0.4 is 5.82 Å². The zero-order chi connectivity index (χ0) is 16.8. The van der Waals surface area contributed by atoms with Crippen LogP contribution in [-0.2, 0) is 25.6 Å². The van der Waals surface area contributed by atoms with Crippen molar-refractivity contribution in [2.24, 2.45) is 0 Å². The van der Waals surface area contributed by atoms with E-state index in [-0.39, 0.29) is 25.1 Å². The van der Waals surface area contributed by atoms with E-state index in [0.717, 1.165) is 0 Å². The second-order valence-corrected chi connectivity index (χ2v) is 5.59. The quantitative estimate of drug-likeness (QED) is 0.676. The molecule has 0 aromatic carbocycles. The first-order chi connectivity index (χ1) is 11.0. The molecule has 0 radical (unpaired) electrons. The molecule has 130 valence electrons. The molecule has 0 N–H and O–H groups in total. The molecule has 1 atom stereocenters. The SMILES string of the molecule is Cc1oc(=O)oc1COC(=O)[C@H]1COCCN1CCOC(C)C. The molecule has 0 bridgehead atoms. The monoisotopic (exact) mass is 329 g/mol. The Morgan fingerprint density at radius 3 is 2.83 bits per heavy atom. The Bertz CT molecular complexity index is 562. The van der Waals surface area contributed by atoms with Crippen LogP contribution in [0, 0.1) is 6.92 Å². The van der Waals surface area contributed by atoms with E-state index in [0.29, 0.717) is 32.1 Å². The van der Waals surface area contributed by atoms with E-state index in [2.05, 4.69) is 0 Å². The molecule has 0 amide bonds. The van der Waals surface area contributed by atoms with Gasteiger partial charge in [-0.15, -0.1) is 0 Å². The third-order valence-electron chi connectivity index (χ3n) is 3.52. The van der Waals surface area contributed by atoms with Crippen molar-refractivity contribution >= 4 is 5.97 Å². The van der Waals surface area contributed by atoms with E-state index in [4.69, 9.17) is 23.0 Å². The maximum Gasteiger partial charge on any atom is 0.519 e. The number of carbonyl (C=O) groups excluding carboxylic acids is 1. The second-order valence-electron chi connectivity index (χ2n) is 5.59. The van der Waals surface area contributed by atoms with Gasteiger partial charge in [0.1, 0.15) is 6.04 Å². The summed E-state index contributed by atoms with van der Waals surface area (Å²) < 4.78 is 25.6. The number of carbonyl (C=O) groups is 1. The van der Waals surface area contributed by atoms with Gasteiger partial charge >= 0.3 is 11.8 Å². The Labute approximate surface area is 134 Å². The molecule has 1 saturated heterocycles. The Hall–Kier alpha value is -1.64. The maximum atomic E-state index is 12.3. The second kappa shape index (κ2) is 8.28. The van der Waals surface area contributed by atoms with Gasteiger partial charge in [0.2, 0.25) is 0 Å². The molecule has 1 aromatic heterocycles. The van der Waals surface area contributed by atoms with Gasteiger partial charge in [-0.25, -0.2) is 4.79 Å². The summed E-state index contributed by atoms with van der Waals surface area (Å²) in [5.41, 5.74) is 0. The first-order valence-corrected chi connectivity index (χ1v) is 7.67. The highest BCUT2D eigenvalue weighted by Crippen LogP contribution is 2.12. The van der Waals surface area contributed by atoms with Crippen molar-refractivity contribution in [2.75, 3.05) is 32.9 Å². The molecule has 2 rings (SSSR count). The average molecular weight is 329 g/mol. The van der Waals surface area contributed by atoms with Gasteiger partial charge in [-0.2, -0.15) is 0 Å². The fourth-order valence-corrected chi connectivity index (χ4v) is 2.27. The number of nitrogens with zero attached hydrogens (tertiary/aromatic N) is 1. The number of aryl methyl sites for hydroxylation is 1. The molecule has 1 aliphatic rings. The van der Waals surface area contributed by atoms with Gasteiger partial charge in [0.05, 0.1) is 25.9 Å². The fourth-order valence-electron chi connectivity index (χ4n) is 2.27. The summed E-state index contributed by atoms with van der Waals surface area (Å²) in [7, 11) is 0. The highest BCUT2D eigenvalue weighted by Gasteiger charge is 2.31. The van der Waals surface area contributed by atoms with Crippen molar-refractivity contribution in [1.29, 1.82) is 0 Å². The van der Waals surface area contributed by atoms with Crippen LogP contribution in [0.3, 0.4) is 0 Å². The molecule has 1 aromatic rings. The Morgan fingerprint density at radius 1 is 1.39 bits per heavy atom. The molecule has 23 heavy (non-hydrogen) atoms. The molecule has 0 unspecified atom stereocenters. The molecule has 0 spiro atoms. The Balaban J connectivity index is 1.87. The number of esters is 1. The summed E-state index contributed by atoms with van der Waals surface area (Å²) in [6.45, 7) is 8.02. The van der Waals surface area contributed by atoms with Gasteiger partial charge in [0, 0.05) is 13.1 Å². The Kier molecular flexibility index (Phi) is 6.37. The standard InChI is InChI=1S/C15H23NO7/c1-10(2)20-7-5-16-4-6-19-8-12(16)14(17)21-9-13-11(3)22-15(18)23-13/h10,12H,4-9H2,1-3H3/t12-/m1/s1.